The number of hydrogen-bond donors (Lipinski definition) is 2. The van der Waals surface area contributed by atoms with Crippen molar-refractivity contribution in [2.24, 2.45) is 0 Å². The van der Waals surface area contributed by atoms with Crippen LogP contribution in [0.5, 0.6) is 5.75 Å². The molecule has 0 amide bonds. The first-order chi connectivity index (χ1) is 10.1. The van der Waals surface area contributed by atoms with E-state index in [1.807, 2.05) is 19.9 Å². The molecule has 0 aliphatic heterocycles. The van der Waals surface area contributed by atoms with Gasteiger partial charge in [0.05, 0.1) is 12.7 Å². The first kappa shape index (κ1) is 16.2. The number of benzene rings is 1. The van der Waals surface area contributed by atoms with Crippen LogP contribution in [0.2, 0.25) is 0 Å². The Kier molecular flexibility index (Phi) is 5.96. The van der Waals surface area contributed by atoms with Gasteiger partial charge in [0, 0.05) is 18.2 Å². The van der Waals surface area contributed by atoms with E-state index in [4.69, 9.17) is 9.47 Å². The molecule has 1 aromatic carbocycles. The van der Waals surface area contributed by atoms with E-state index >= 15 is 0 Å². The summed E-state index contributed by atoms with van der Waals surface area (Å²) in [4.78, 5) is 0. The van der Waals surface area contributed by atoms with Gasteiger partial charge in [0.25, 0.3) is 0 Å². The molecule has 118 valence electrons. The van der Waals surface area contributed by atoms with E-state index in [0.29, 0.717) is 12.6 Å². The van der Waals surface area contributed by atoms with Crippen LogP contribution in [-0.4, -0.2) is 36.6 Å². The van der Waals surface area contributed by atoms with Crippen LogP contribution in [-0.2, 0) is 11.3 Å². The largest absolute Gasteiger partial charge is 0.487 e. The van der Waals surface area contributed by atoms with E-state index in [1.165, 1.54) is 18.9 Å². The van der Waals surface area contributed by atoms with E-state index in [2.05, 4.69) is 5.32 Å². The Morgan fingerprint density at radius 3 is 2.76 bits per heavy atom. The summed E-state index contributed by atoms with van der Waals surface area (Å²) in [6.07, 6.45) is 1.63. The second-order valence-electron chi connectivity index (χ2n) is 5.73. The third-order valence-corrected chi connectivity index (χ3v) is 3.25. The van der Waals surface area contributed by atoms with Crippen LogP contribution in [0.15, 0.2) is 18.2 Å². The molecule has 0 heterocycles. The highest BCUT2D eigenvalue weighted by molar-refractivity contribution is 5.35. The summed E-state index contributed by atoms with van der Waals surface area (Å²) in [6, 6.07) is 5.42. The van der Waals surface area contributed by atoms with Crippen LogP contribution < -0.4 is 10.1 Å². The molecule has 1 aromatic rings. The summed E-state index contributed by atoms with van der Waals surface area (Å²) >= 11 is 0. The summed E-state index contributed by atoms with van der Waals surface area (Å²) in [7, 11) is 0. The lowest BCUT2D eigenvalue weighted by Gasteiger charge is -2.17. The smallest absolute Gasteiger partial charge is 0.165 e. The molecule has 2 N–H and O–H groups in total. The van der Waals surface area contributed by atoms with Crippen molar-refractivity contribution in [2.45, 2.75) is 51.5 Å². The van der Waals surface area contributed by atoms with Gasteiger partial charge in [-0.2, -0.15) is 0 Å². The summed E-state index contributed by atoms with van der Waals surface area (Å²) in [5.74, 6) is -0.184. The van der Waals surface area contributed by atoms with Crippen molar-refractivity contribution in [3.8, 4) is 5.75 Å². The summed E-state index contributed by atoms with van der Waals surface area (Å²) in [6.45, 7) is 4.57. The summed E-state index contributed by atoms with van der Waals surface area (Å²) in [5, 5.41) is 13.1. The average Bonchev–Trinajstić information content (AvgIpc) is 3.26. The molecule has 4 nitrogen and oxygen atoms in total. The van der Waals surface area contributed by atoms with Crippen molar-refractivity contribution < 1.29 is 19.0 Å². The molecule has 0 spiro atoms. The van der Waals surface area contributed by atoms with Gasteiger partial charge >= 0.3 is 0 Å². The lowest BCUT2D eigenvalue weighted by Crippen LogP contribution is -2.26. The molecular formula is C16H24FNO3. The summed E-state index contributed by atoms with van der Waals surface area (Å²) in [5.41, 5.74) is 0.777. The Labute approximate surface area is 125 Å². The quantitative estimate of drug-likeness (QED) is 0.734. The molecule has 0 aromatic heterocycles. The predicted molar refractivity (Wildman–Crippen MR) is 78.9 cm³/mol. The predicted octanol–water partition coefficient (Wildman–Crippen LogP) is 2.24. The van der Waals surface area contributed by atoms with Crippen LogP contribution >= 0.6 is 0 Å². The van der Waals surface area contributed by atoms with Crippen molar-refractivity contribution in [2.75, 3.05) is 13.2 Å². The maximum absolute atomic E-state index is 13.9. The number of hydrogen-bond acceptors (Lipinski definition) is 4. The number of halogens is 1. The molecule has 2 rings (SSSR count). The monoisotopic (exact) mass is 297 g/mol. The Morgan fingerprint density at radius 2 is 2.10 bits per heavy atom. The molecule has 21 heavy (non-hydrogen) atoms. The third kappa shape index (κ3) is 5.61. The van der Waals surface area contributed by atoms with E-state index in [9.17, 15) is 9.50 Å². The highest BCUT2D eigenvalue weighted by Gasteiger charge is 2.21. The minimum absolute atomic E-state index is 0.0179. The van der Waals surface area contributed by atoms with Crippen LogP contribution in [0.4, 0.5) is 4.39 Å². The van der Waals surface area contributed by atoms with Gasteiger partial charge in [0.2, 0.25) is 0 Å². The van der Waals surface area contributed by atoms with E-state index < -0.39 is 11.9 Å². The highest BCUT2D eigenvalue weighted by Crippen LogP contribution is 2.25. The van der Waals surface area contributed by atoms with Gasteiger partial charge in [-0.3, -0.25) is 0 Å². The van der Waals surface area contributed by atoms with Gasteiger partial charge in [0.1, 0.15) is 12.7 Å². The number of para-hydroxylation sites is 1. The standard InChI is InChI=1S/C16H24FNO3/c1-11(2)20-9-14(19)10-21-16-12(4-3-5-15(16)17)8-18-13-6-7-13/h3-5,11,13-14,18-19H,6-10H2,1-2H3. The van der Waals surface area contributed by atoms with Gasteiger partial charge in [-0.25, -0.2) is 4.39 Å². The van der Waals surface area contributed by atoms with Crippen LogP contribution in [0, 0.1) is 5.82 Å². The average molecular weight is 297 g/mol. The maximum atomic E-state index is 13.9. The number of ether oxygens (including phenoxy) is 2. The first-order valence-corrected chi connectivity index (χ1v) is 7.49. The SMILES string of the molecule is CC(C)OCC(O)COc1c(F)cccc1CNC1CC1. The normalized spacial score (nSPS) is 16.2. The Bertz CT molecular complexity index is 449. The van der Waals surface area contributed by atoms with E-state index in [-0.39, 0.29) is 25.1 Å². The zero-order valence-electron chi connectivity index (χ0n) is 12.6. The molecule has 0 saturated heterocycles. The molecule has 1 fully saturated rings. The molecule has 5 heteroatoms. The maximum Gasteiger partial charge on any atom is 0.165 e. The third-order valence-electron chi connectivity index (χ3n) is 3.25. The Hall–Kier alpha value is -1.17. The number of nitrogens with one attached hydrogen (secondary N) is 1. The van der Waals surface area contributed by atoms with Gasteiger partial charge in [-0.1, -0.05) is 12.1 Å². The second-order valence-corrected chi connectivity index (χ2v) is 5.73. The lowest BCUT2D eigenvalue weighted by atomic mass is 10.2. The van der Waals surface area contributed by atoms with Crippen LogP contribution in [0.25, 0.3) is 0 Å². The molecule has 1 unspecified atom stereocenters. The summed E-state index contributed by atoms with van der Waals surface area (Å²) < 4.78 is 24.7. The zero-order valence-corrected chi connectivity index (χ0v) is 12.6. The molecule has 0 bridgehead atoms. The number of aliphatic hydroxyl groups excluding tert-OH is 1. The molecule has 1 saturated carbocycles. The van der Waals surface area contributed by atoms with Crippen LogP contribution in [0.3, 0.4) is 0 Å². The van der Waals surface area contributed by atoms with Gasteiger partial charge < -0.3 is 19.9 Å². The van der Waals surface area contributed by atoms with Crippen molar-refractivity contribution in [1.29, 1.82) is 0 Å². The molecule has 1 atom stereocenters. The zero-order chi connectivity index (χ0) is 15.2. The first-order valence-electron chi connectivity index (χ1n) is 7.49. The number of aliphatic hydroxyl groups is 1. The minimum atomic E-state index is -0.767. The van der Waals surface area contributed by atoms with Crippen LogP contribution in [0.1, 0.15) is 32.3 Å². The fraction of sp³-hybridized carbons (Fsp3) is 0.625. The van der Waals surface area contributed by atoms with Gasteiger partial charge in [0.15, 0.2) is 11.6 Å². The molecule has 0 radical (unpaired) electrons. The minimum Gasteiger partial charge on any atom is -0.487 e. The highest BCUT2D eigenvalue weighted by atomic mass is 19.1. The fourth-order valence-electron chi connectivity index (χ4n) is 1.93. The van der Waals surface area contributed by atoms with Gasteiger partial charge in [-0.15, -0.1) is 0 Å². The second kappa shape index (κ2) is 7.73. The lowest BCUT2D eigenvalue weighted by molar-refractivity contribution is -0.0129. The fourth-order valence-corrected chi connectivity index (χ4v) is 1.93. The van der Waals surface area contributed by atoms with Crippen molar-refractivity contribution in [1.82, 2.24) is 5.32 Å². The van der Waals surface area contributed by atoms with Crippen molar-refractivity contribution >= 4 is 0 Å². The van der Waals surface area contributed by atoms with Gasteiger partial charge in [-0.05, 0) is 32.8 Å². The topological polar surface area (TPSA) is 50.7 Å². The Morgan fingerprint density at radius 1 is 1.33 bits per heavy atom. The van der Waals surface area contributed by atoms with E-state index in [0.717, 1.165) is 5.56 Å². The van der Waals surface area contributed by atoms with E-state index in [1.54, 1.807) is 6.07 Å². The van der Waals surface area contributed by atoms with Crippen molar-refractivity contribution in [3.05, 3.63) is 29.6 Å². The number of rotatable bonds is 9. The molecule has 1 aliphatic rings. The van der Waals surface area contributed by atoms with Crippen molar-refractivity contribution in [3.63, 3.8) is 0 Å². The Balaban J connectivity index is 1.87. The molecular weight excluding hydrogens is 273 g/mol. The molecule has 1 aliphatic carbocycles.